The molecule has 0 atom stereocenters. The highest BCUT2D eigenvalue weighted by Crippen LogP contribution is 2.21. The minimum Gasteiger partial charge on any atom is -0.496 e. The average molecular weight is 454 g/mol. The van der Waals surface area contributed by atoms with E-state index in [1.54, 1.807) is 25.6 Å². The van der Waals surface area contributed by atoms with Crippen LogP contribution < -0.4 is 10.1 Å². The number of methoxy groups -OCH3 is 1. The van der Waals surface area contributed by atoms with E-state index < -0.39 is 0 Å². The number of rotatable bonds is 8. The molecule has 0 fully saturated rings. The molecule has 0 amide bonds. The third kappa shape index (κ3) is 5.38. The summed E-state index contributed by atoms with van der Waals surface area (Å²) < 4.78 is 6.64. The summed E-state index contributed by atoms with van der Waals surface area (Å²) in [6.45, 7) is 4.84. The summed E-state index contributed by atoms with van der Waals surface area (Å²) in [5, 5.41) is 7.72. The first-order valence-corrected chi connectivity index (χ1v) is 11.1. The maximum atomic E-state index is 13.1. The minimum atomic E-state index is -0.328. The molecule has 0 spiro atoms. The smallest absolute Gasteiger partial charge is 0.274 e. The van der Waals surface area contributed by atoms with Crippen LogP contribution in [0.15, 0.2) is 79.1 Å². The summed E-state index contributed by atoms with van der Waals surface area (Å²) in [5.74, 6) is 1.61. The van der Waals surface area contributed by atoms with Crippen molar-refractivity contribution in [1.29, 1.82) is 0 Å². The van der Waals surface area contributed by atoms with E-state index in [2.05, 4.69) is 58.5 Å². The molecule has 0 saturated carbocycles. The largest absolute Gasteiger partial charge is 0.496 e. The first-order chi connectivity index (χ1) is 16.5. The molecule has 0 saturated heterocycles. The van der Waals surface area contributed by atoms with Crippen molar-refractivity contribution in [2.45, 2.75) is 26.3 Å². The number of pyridine rings is 1. The molecule has 0 bridgehead atoms. The van der Waals surface area contributed by atoms with Crippen LogP contribution >= 0.6 is 0 Å². The van der Waals surface area contributed by atoms with E-state index in [1.165, 1.54) is 16.3 Å². The van der Waals surface area contributed by atoms with Crippen LogP contribution in [0.5, 0.6) is 5.75 Å². The topological polar surface area (TPSA) is 81.9 Å². The molecule has 0 unspecified atom stereocenters. The first-order valence-electron chi connectivity index (χ1n) is 11.1. The molecule has 2 aromatic carbocycles. The number of aromatic nitrogens is 4. The number of anilines is 1. The highest BCUT2D eigenvalue weighted by atomic mass is 16.5. The second-order valence-corrected chi connectivity index (χ2v) is 8.08. The average Bonchev–Trinajstić information content (AvgIpc) is 3.31. The Morgan fingerprint density at radius 1 is 1.09 bits per heavy atom. The van der Waals surface area contributed by atoms with Crippen molar-refractivity contribution >= 4 is 17.9 Å². The summed E-state index contributed by atoms with van der Waals surface area (Å²) in [4.78, 5) is 21.8. The predicted octanol–water partition coefficient (Wildman–Crippen LogP) is 5.44. The Hall–Kier alpha value is -4.26. The lowest BCUT2D eigenvalue weighted by Crippen LogP contribution is -2.14. The van der Waals surface area contributed by atoms with E-state index in [-0.39, 0.29) is 5.91 Å². The standard InChI is InChI=1S/C27H27N5O2/c1-19(2)21-12-10-20(11-13-21)17-29-27-30-26(23-8-6-16-28-18-23)31-32(27)25(33)15-14-22-7-4-5-9-24(22)34-3/h4-16,18-19H,17H2,1-3H3,(H,29,30,31). The van der Waals surface area contributed by atoms with Crippen molar-refractivity contribution in [1.82, 2.24) is 19.7 Å². The van der Waals surface area contributed by atoms with E-state index in [0.29, 0.717) is 30.0 Å². The Kier molecular flexibility index (Phi) is 7.13. The number of hydrogen-bond acceptors (Lipinski definition) is 6. The number of ether oxygens (including phenoxy) is 1. The molecule has 4 rings (SSSR count). The van der Waals surface area contributed by atoms with Gasteiger partial charge in [0.1, 0.15) is 5.75 Å². The SMILES string of the molecule is COc1ccccc1C=CC(=O)n1nc(-c2cccnc2)nc1NCc1ccc(C(C)C)cc1. The van der Waals surface area contributed by atoms with Gasteiger partial charge in [0.15, 0.2) is 5.82 Å². The summed E-state index contributed by atoms with van der Waals surface area (Å²) in [7, 11) is 1.60. The van der Waals surface area contributed by atoms with Crippen molar-refractivity contribution < 1.29 is 9.53 Å². The van der Waals surface area contributed by atoms with Gasteiger partial charge in [-0.25, -0.2) is 0 Å². The van der Waals surface area contributed by atoms with Gasteiger partial charge in [-0.1, -0.05) is 56.3 Å². The zero-order valence-corrected chi connectivity index (χ0v) is 19.5. The molecule has 4 aromatic rings. The minimum absolute atomic E-state index is 0.328. The lowest BCUT2D eigenvalue weighted by atomic mass is 10.0. The van der Waals surface area contributed by atoms with Gasteiger partial charge in [0.25, 0.3) is 5.91 Å². The van der Waals surface area contributed by atoms with Crippen LogP contribution in [-0.4, -0.2) is 32.8 Å². The van der Waals surface area contributed by atoms with Crippen LogP contribution in [0.1, 0.15) is 41.3 Å². The Labute approximate surface area is 199 Å². The Morgan fingerprint density at radius 3 is 2.59 bits per heavy atom. The maximum Gasteiger partial charge on any atom is 0.274 e. The monoisotopic (exact) mass is 453 g/mol. The van der Waals surface area contributed by atoms with E-state index >= 15 is 0 Å². The Bertz CT molecular complexity index is 1280. The number of nitrogens with one attached hydrogen (secondary N) is 1. The van der Waals surface area contributed by atoms with Crippen molar-refractivity contribution in [2.24, 2.45) is 0 Å². The number of carbonyl (C=O) groups is 1. The fourth-order valence-corrected chi connectivity index (χ4v) is 3.43. The summed E-state index contributed by atoms with van der Waals surface area (Å²) in [6, 6.07) is 19.6. The van der Waals surface area contributed by atoms with Crippen LogP contribution in [-0.2, 0) is 6.54 Å². The quantitative estimate of drug-likeness (QED) is 0.358. The highest BCUT2D eigenvalue weighted by Gasteiger charge is 2.16. The molecule has 7 heteroatoms. The number of carbonyl (C=O) groups excluding carboxylic acids is 1. The van der Waals surface area contributed by atoms with Gasteiger partial charge in [-0.15, -0.1) is 5.10 Å². The molecule has 0 aliphatic carbocycles. The van der Waals surface area contributed by atoms with Gasteiger partial charge in [0.2, 0.25) is 5.95 Å². The predicted molar refractivity (Wildman–Crippen MR) is 134 cm³/mol. The number of benzene rings is 2. The second kappa shape index (κ2) is 10.6. The highest BCUT2D eigenvalue weighted by molar-refractivity contribution is 5.95. The molecule has 172 valence electrons. The molecule has 1 N–H and O–H groups in total. The van der Waals surface area contributed by atoms with Gasteiger partial charge in [-0.3, -0.25) is 9.78 Å². The van der Waals surface area contributed by atoms with Crippen molar-refractivity contribution in [3.8, 4) is 17.1 Å². The van der Waals surface area contributed by atoms with Crippen molar-refractivity contribution in [3.05, 3.63) is 95.8 Å². The molecule has 2 heterocycles. The van der Waals surface area contributed by atoms with Gasteiger partial charge in [-0.2, -0.15) is 9.67 Å². The molecule has 7 nitrogen and oxygen atoms in total. The van der Waals surface area contributed by atoms with Gasteiger partial charge in [0, 0.05) is 36.1 Å². The lowest BCUT2D eigenvalue weighted by molar-refractivity contribution is 0.0957. The van der Waals surface area contributed by atoms with E-state index in [1.807, 2.05) is 36.4 Å². The van der Waals surface area contributed by atoms with E-state index in [9.17, 15) is 4.79 Å². The molecule has 0 radical (unpaired) electrons. The fraction of sp³-hybridized carbons (Fsp3) is 0.185. The lowest BCUT2D eigenvalue weighted by Gasteiger charge is -2.08. The van der Waals surface area contributed by atoms with Crippen LogP contribution in [0.25, 0.3) is 17.5 Å². The van der Waals surface area contributed by atoms with Crippen molar-refractivity contribution in [3.63, 3.8) is 0 Å². The zero-order chi connectivity index (χ0) is 23.9. The Balaban J connectivity index is 1.60. The van der Waals surface area contributed by atoms with Gasteiger partial charge in [-0.05, 0) is 41.3 Å². The Morgan fingerprint density at radius 2 is 1.88 bits per heavy atom. The van der Waals surface area contributed by atoms with Crippen LogP contribution in [0.4, 0.5) is 5.95 Å². The number of allylic oxidation sites excluding steroid dienone is 1. The van der Waals surface area contributed by atoms with Gasteiger partial charge in [0.05, 0.1) is 7.11 Å². The van der Waals surface area contributed by atoms with Crippen molar-refractivity contribution in [2.75, 3.05) is 12.4 Å². The zero-order valence-electron chi connectivity index (χ0n) is 19.5. The van der Waals surface area contributed by atoms with Crippen LogP contribution in [0.2, 0.25) is 0 Å². The van der Waals surface area contributed by atoms with E-state index in [4.69, 9.17) is 4.74 Å². The summed E-state index contributed by atoms with van der Waals surface area (Å²) in [6.07, 6.45) is 6.52. The summed E-state index contributed by atoms with van der Waals surface area (Å²) in [5.41, 5.74) is 3.89. The molecule has 0 aliphatic rings. The molecule has 34 heavy (non-hydrogen) atoms. The fourth-order valence-electron chi connectivity index (χ4n) is 3.43. The third-order valence-electron chi connectivity index (χ3n) is 5.38. The first kappa shape index (κ1) is 22.9. The molecular weight excluding hydrogens is 426 g/mol. The summed E-state index contributed by atoms with van der Waals surface area (Å²) >= 11 is 0. The maximum absolute atomic E-state index is 13.1. The van der Waals surface area contributed by atoms with Crippen LogP contribution in [0, 0.1) is 0 Å². The normalized spacial score (nSPS) is 11.2. The molecular formula is C27H27N5O2. The van der Waals surface area contributed by atoms with E-state index in [0.717, 1.165) is 16.7 Å². The molecule has 2 aromatic heterocycles. The van der Waals surface area contributed by atoms with Crippen LogP contribution in [0.3, 0.4) is 0 Å². The van der Waals surface area contributed by atoms with Gasteiger partial charge < -0.3 is 10.1 Å². The number of nitrogens with zero attached hydrogens (tertiary/aromatic N) is 4. The number of para-hydroxylation sites is 1. The molecule has 0 aliphatic heterocycles. The number of hydrogen-bond donors (Lipinski definition) is 1. The van der Waals surface area contributed by atoms with Gasteiger partial charge >= 0.3 is 0 Å². The second-order valence-electron chi connectivity index (χ2n) is 8.08. The third-order valence-corrected chi connectivity index (χ3v) is 5.38.